The van der Waals surface area contributed by atoms with Crippen LogP contribution in [-0.4, -0.2) is 74.5 Å². The first-order valence-corrected chi connectivity index (χ1v) is 9.99. The molecule has 0 aliphatic carbocycles. The van der Waals surface area contributed by atoms with Gasteiger partial charge in [-0.15, -0.1) is 0 Å². The van der Waals surface area contributed by atoms with Crippen molar-refractivity contribution in [1.82, 2.24) is 9.80 Å². The molecule has 0 bridgehead atoms. The zero-order valence-electron chi connectivity index (χ0n) is 16.9. The molecule has 152 valence electrons. The maximum absolute atomic E-state index is 10.7. The van der Waals surface area contributed by atoms with Crippen LogP contribution in [0.25, 0.3) is 0 Å². The average Bonchev–Trinajstić information content (AvgIpc) is 2.75. The van der Waals surface area contributed by atoms with Crippen molar-refractivity contribution >= 4 is 0 Å². The molecule has 2 aromatic rings. The summed E-state index contributed by atoms with van der Waals surface area (Å²) >= 11 is 0. The van der Waals surface area contributed by atoms with E-state index in [9.17, 15) is 5.11 Å². The van der Waals surface area contributed by atoms with Crippen LogP contribution in [0.5, 0.6) is 0 Å². The maximum atomic E-state index is 10.7. The lowest BCUT2D eigenvalue weighted by Crippen LogP contribution is -2.50. The van der Waals surface area contributed by atoms with Crippen LogP contribution in [0.15, 0.2) is 60.7 Å². The van der Waals surface area contributed by atoms with Crippen molar-refractivity contribution in [3.8, 4) is 0 Å². The Balaban J connectivity index is 1.48. The highest BCUT2D eigenvalue weighted by Crippen LogP contribution is 2.22. The minimum atomic E-state index is -0.546. The fourth-order valence-electron chi connectivity index (χ4n) is 3.89. The summed E-state index contributed by atoms with van der Waals surface area (Å²) in [7, 11) is 3.44. The van der Waals surface area contributed by atoms with Gasteiger partial charge in [0.25, 0.3) is 0 Å². The van der Waals surface area contributed by atoms with Gasteiger partial charge in [0.05, 0.1) is 12.2 Å². The van der Waals surface area contributed by atoms with Gasteiger partial charge in [-0.05, 0) is 11.1 Å². The molecular weight excluding hydrogens is 352 g/mol. The summed E-state index contributed by atoms with van der Waals surface area (Å²) in [6.07, 6.45) is -0.750. The molecule has 0 spiro atoms. The number of benzene rings is 2. The number of aliphatic hydroxyl groups is 1. The van der Waals surface area contributed by atoms with E-state index in [-0.39, 0.29) is 12.2 Å². The van der Waals surface area contributed by atoms with Crippen molar-refractivity contribution in [2.75, 3.05) is 53.5 Å². The molecule has 28 heavy (non-hydrogen) atoms. The van der Waals surface area contributed by atoms with Crippen molar-refractivity contribution < 1.29 is 14.6 Å². The van der Waals surface area contributed by atoms with Crippen LogP contribution >= 0.6 is 0 Å². The largest absolute Gasteiger partial charge is 0.389 e. The number of piperazine rings is 1. The van der Waals surface area contributed by atoms with Gasteiger partial charge in [-0.25, -0.2) is 0 Å². The van der Waals surface area contributed by atoms with Crippen LogP contribution in [0.4, 0.5) is 0 Å². The summed E-state index contributed by atoms with van der Waals surface area (Å²) in [5, 5.41) is 10.7. The van der Waals surface area contributed by atoms with E-state index in [4.69, 9.17) is 9.47 Å². The second kappa shape index (κ2) is 10.7. The molecule has 0 amide bonds. The van der Waals surface area contributed by atoms with E-state index in [2.05, 4.69) is 34.1 Å². The molecule has 0 radical (unpaired) electrons. The normalized spacial score (nSPS) is 19.2. The fourth-order valence-corrected chi connectivity index (χ4v) is 3.89. The first-order valence-electron chi connectivity index (χ1n) is 9.99. The molecular formula is C23H32N2O3. The number of hydrogen-bond acceptors (Lipinski definition) is 5. The van der Waals surface area contributed by atoms with Gasteiger partial charge >= 0.3 is 0 Å². The molecule has 1 fully saturated rings. The summed E-state index contributed by atoms with van der Waals surface area (Å²) in [4.78, 5) is 4.76. The summed E-state index contributed by atoms with van der Waals surface area (Å²) < 4.78 is 11.3. The minimum Gasteiger partial charge on any atom is -0.389 e. The Kier molecular flexibility index (Phi) is 8.01. The zero-order chi connectivity index (χ0) is 19.8. The summed E-state index contributed by atoms with van der Waals surface area (Å²) in [6, 6.07) is 20.3. The van der Waals surface area contributed by atoms with Gasteiger partial charge in [0.2, 0.25) is 0 Å². The SMILES string of the molecule is COC(CN1CCN(CC(O)C(OC)c2ccccc2)CC1)c1ccccc1. The fraction of sp³-hybridized carbons (Fsp3) is 0.478. The first kappa shape index (κ1) is 21.0. The lowest BCUT2D eigenvalue weighted by molar-refractivity contribution is -0.0376. The predicted molar refractivity (Wildman–Crippen MR) is 111 cm³/mol. The standard InChI is InChI=1S/C23H32N2O3/c1-27-22(19-9-5-3-6-10-19)18-25-15-13-24(14-16-25)17-21(26)23(28-2)20-11-7-4-8-12-20/h3-12,21-23,26H,13-18H2,1-2H3. The van der Waals surface area contributed by atoms with Crippen LogP contribution in [0, 0.1) is 0 Å². The second-order valence-electron chi connectivity index (χ2n) is 7.37. The molecule has 3 unspecified atom stereocenters. The van der Waals surface area contributed by atoms with Crippen molar-refractivity contribution in [3.05, 3.63) is 71.8 Å². The Morgan fingerprint density at radius 3 is 1.75 bits per heavy atom. The molecule has 1 heterocycles. The number of hydrogen-bond donors (Lipinski definition) is 1. The van der Waals surface area contributed by atoms with E-state index in [1.54, 1.807) is 14.2 Å². The molecule has 1 aliphatic heterocycles. The Morgan fingerprint density at radius 2 is 1.25 bits per heavy atom. The minimum absolute atomic E-state index is 0.0919. The topological polar surface area (TPSA) is 45.2 Å². The molecule has 0 aromatic heterocycles. The van der Waals surface area contributed by atoms with Crippen molar-refractivity contribution in [2.45, 2.75) is 18.3 Å². The molecule has 2 aromatic carbocycles. The quantitative estimate of drug-likeness (QED) is 0.720. The third-order valence-corrected chi connectivity index (χ3v) is 5.52. The van der Waals surface area contributed by atoms with Gasteiger partial charge in [0.15, 0.2) is 0 Å². The number of ether oxygens (including phenoxy) is 2. The smallest absolute Gasteiger partial charge is 0.109 e. The third-order valence-electron chi connectivity index (χ3n) is 5.52. The van der Waals surface area contributed by atoms with Crippen molar-refractivity contribution in [3.63, 3.8) is 0 Å². The molecule has 5 heteroatoms. The lowest BCUT2D eigenvalue weighted by Gasteiger charge is -2.37. The average molecular weight is 385 g/mol. The molecule has 0 saturated carbocycles. The highest BCUT2D eigenvalue weighted by Gasteiger charge is 2.26. The molecule has 1 aliphatic rings. The molecule has 1 N–H and O–H groups in total. The molecule has 3 rings (SSSR count). The van der Waals surface area contributed by atoms with E-state index in [0.717, 1.165) is 38.3 Å². The molecule has 1 saturated heterocycles. The van der Waals surface area contributed by atoms with Crippen LogP contribution in [0.1, 0.15) is 23.3 Å². The van der Waals surface area contributed by atoms with Crippen LogP contribution in [-0.2, 0) is 9.47 Å². The van der Waals surface area contributed by atoms with E-state index >= 15 is 0 Å². The predicted octanol–water partition coefficient (Wildman–Crippen LogP) is 2.74. The zero-order valence-corrected chi connectivity index (χ0v) is 16.9. The summed E-state index contributed by atoms with van der Waals surface area (Å²) in [6.45, 7) is 5.33. The van der Waals surface area contributed by atoms with E-state index < -0.39 is 6.10 Å². The highest BCUT2D eigenvalue weighted by atomic mass is 16.5. The Bertz CT molecular complexity index is 675. The van der Waals surface area contributed by atoms with E-state index in [1.165, 1.54) is 5.56 Å². The number of aliphatic hydroxyl groups excluding tert-OH is 1. The molecule has 5 nitrogen and oxygen atoms in total. The summed E-state index contributed by atoms with van der Waals surface area (Å²) in [5.41, 5.74) is 2.23. The van der Waals surface area contributed by atoms with E-state index in [0.29, 0.717) is 6.54 Å². The number of β-amino-alcohol motifs (C(OH)–C–C–N with tert-alkyl or cyclic N) is 1. The number of rotatable bonds is 9. The highest BCUT2D eigenvalue weighted by molar-refractivity contribution is 5.19. The summed E-state index contributed by atoms with van der Waals surface area (Å²) in [5.74, 6) is 0. The maximum Gasteiger partial charge on any atom is 0.109 e. The van der Waals surface area contributed by atoms with Gasteiger partial charge in [-0.2, -0.15) is 0 Å². The second-order valence-corrected chi connectivity index (χ2v) is 7.37. The van der Waals surface area contributed by atoms with Crippen LogP contribution in [0.3, 0.4) is 0 Å². The Hall–Kier alpha value is -1.76. The van der Waals surface area contributed by atoms with E-state index in [1.807, 2.05) is 36.4 Å². The van der Waals surface area contributed by atoms with Crippen LogP contribution < -0.4 is 0 Å². The molecule has 3 atom stereocenters. The number of methoxy groups -OCH3 is 2. The van der Waals surface area contributed by atoms with Gasteiger partial charge in [0, 0.05) is 53.5 Å². The third kappa shape index (κ3) is 5.63. The van der Waals surface area contributed by atoms with Crippen LogP contribution in [0.2, 0.25) is 0 Å². The van der Waals surface area contributed by atoms with Gasteiger partial charge in [-0.3, -0.25) is 9.80 Å². The Labute approximate surface area is 168 Å². The van der Waals surface area contributed by atoms with Gasteiger partial charge in [-0.1, -0.05) is 60.7 Å². The lowest BCUT2D eigenvalue weighted by atomic mass is 10.0. The van der Waals surface area contributed by atoms with Gasteiger partial charge in [0.1, 0.15) is 6.10 Å². The number of nitrogens with zero attached hydrogens (tertiary/aromatic N) is 2. The first-order chi connectivity index (χ1) is 13.7. The van der Waals surface area contributed by atoms with Crippen molar-refractivity contribution in [2.24, 2.45) is 0 Å². The monoisotopic (exact) mass is 384 g/mol. The van der Waals surface area contributed by atoms with Crippen molar-refractivity contribution in [1.29, 1.82) is 0 Å². The van der Waals surface area contributed by atoms with Gasteiger partial charge < -0.3 is 14.6 Å². The Morgan fingerprint density at radius 1 is 0.750 bits per heavy atom.